The maximum Gasteiger partial charge on any atom is 0.137 e. The second kappa shape index (κ2) is 6.45. The number of carbonyl (C=O) groups excluding carboxylic acids is 1. The molecule has 0 fully saturated rings. The van der Waals surface area contributed by atoms with Gasteiger partial charge < -0.3 is 5.73 Å². The van der Waals surface area contributed by atoms with Gasteiger partial charge in [-0.05, 0) is 36.2 Å². The number of hydrogen-bond acceptors (Lipinski definition) is 2. The van der Waals surface area contributed by atoms with Crippen LogP contribution in [0, 0.1) is 17.6 Å². The highest BCUT2D eigenvalue weighted by Gasteiger charge is 2.13. The van der Waals surface area contributed by atoms with Gasteiger partial charge in [0.25, 0.3) is 0 Å². The summed E-state index contributed by atoms with van der Waals surface area (Å²) in [6.45, 7) is 2.39. The van der Waals surface area contributed by atoms with Gasteiger partial charge in [0.05, 0.1) is 0 Å². The van der Waals surface area contributed by atoms with E-state index in [1.165, 1.54) is 0 Å². The lowest BCUT2D eigenvalue weighted by Crippen LogP contribution is -2.18. The minimum atomic E-state index is -0.541. The van der Waals surface area contributed by atoms with Crippen molar-refractivity contribution in [1.29, 1.82) is 0 Å². The molecule has 0 amide bonds. The van der Waals surface area contributed by atoms with Crippen LogP contribution < -0.4 is 5.73 Å². The van der Waals surface area contributed by atoms with Gasteiger partial charge >= 0.3 is 0 Å². The molecule has 0 bridgehead atoms. The van der Waals surface area contributed by atoms with Crippen molar-refractivity contribution < 1.29 is 13.6 Å². The third-order valence-electron chi connectivity index (χ3n) is 2.82. The van der Waals surface area contributed by atoms with Crippen molar-refractivity contribution in [2.75, 3.05) is 6.54 Å². The van der Waals surface area contributed by atoms with Crippen molar-refractivity contribution >= 4 is 5.78 Å². The quantitative estimate of drug-likeness (QED) is 0.831. The van der Waals surface area contributed by atoms with Crippen LogP contribution in [0.5, 0.6) is 0 Å². The van der Waals surface area contributed by atoms with Crippen molar-refractivity contribution in [2.45, 2.75) is 26.2 Å². The number of nitrogens with two attached hydrogens (primary N) is 1. The molecule has 2 N–H and O–H groups in total. The zero-order valence-electron chi connectivity index (χ0n) is 9.88. The number of benzene rings is 1. The highest BCUT2D eigenvalue weighted by atomic mass is 19.1. The van der Waals surface area contributed by atoms with Crippen LogP contribution in [0.25, 0.3) is 0 Å². The summed E-state index contributed by atoms with van der Waals surface area (Å²) in [5.41, 5.74) is 5.61. The fourth-order valence-corrected chi connectivity index (χ4v) is 1.68. The molecule has 0 aromatic heterocycles. The van der Waals surface area contributed by atoms with E-state index >= 15 is 0 Å². The Morgan fingerprint density at radius 1 is 1.41 bits per heavy atom. The van der Waals surface area contributed by atoms with E-state index in [1.54, 1.807) is 0 Å². The molecule has 1 aromatic rings. The van der Waals surface area contributed by atoms with Gasteiger partial charge in [0.1, 0.15) is 17.4 Å². The first-order valence-electron chi connectivity index (χ1n) is 5.72. The normalized spacial score (nSPS) is 12.5. The van der Waals surface area contributed by atoms with E-state index < -0.39 is 11.6 Å². The summed E-state index contributed by atoms with van der Waals surface area (Å²) >= 11 is 0. The van der Waals surface area contributed by atoms with Crippen LogP contribution in [0.3, 0.4) is 0 Å². The highest BCUT2D eigenvalue weighted by Crippen LogP contribution is 2.14. The Kier molecular flexibility index (Phi) is 5.22. The fraction of sp³-hybridized carbons (Fsp3) is 0.462. The molecule has 1 unspecified atom stereocenters. The molecular formula is C13H17F2NO. The molecule has 94 valence electrons. The van der Waals surface area contributed by atoms with Crippen molar-refractivity contribution in [3.8, 4) is 0 Å². The maximum absolute atomic E-state index is 13.3. The van der Waals surface area contributed by atoms with Crippen molar-refractivity contribution in [3.63, 3.8) is 0 Å². The number of Topliss-reactive ketones (excluding diaryl/α,β-unsaturated/α-hetero) is 1. The molecule has 0 aliphatic carbocycles. The van der Waals surface area contributed by atoms with E-state index in [9.17, 15) is 13.6 Å². The molecule has 1 atom stereocenters. The molecule has 0 radical (unpaired) electrons. The van der Waals surface area contributed by atoms with E-state index in [0.717, 1.165) is 24.6 Å². The van der Waals surface area contributed by atoms with E-state index in [4.69, 9.17) is 5.73 Å². The molecule has 2 nitrogen and oxygen atoms in total. The first-order valence-corrected chi connectivity index (χ1v) is 5.72. The monoisotopic (exact) mass is 241 g/mol. The average molecular weight is 241 g/mol. The maximum atomic E-state index is 13.3. The Balaban J connectivity index is 2.64. The lowest BCUT2D eigenvalue weighted by Gasteiger charge is -2.11. The van der Waals surface area contributed by atoms with Crippen LogP contribution in [0.4, 0.5) is 8.78 Å². The van der Waals surface area contributed by atoms with Gasteiger partial charge in [-0.2, -0.15) is 0 Å². The van der Waals surface area contributed by atoms with Crippen molar-refractivity contribution in [3.05, 3.63) is 35.4 Å². The van der Waals surface area contributed by atoms with E-state index in [0.29, 0.717) is 13.0 Å². The molecule has 1 aromatic carbocycles. The number of ketones is 1. The summed E-state index contributed by atoms with van der Waals surface area (Å²) in [4.78, 5) is 11.7. The topological polar surface area (TPSA) is 43.1 Å². The Bertz CT molecular complexity index is 389. The largest absolute Gasteiger partial charge is 0.330 e. The zero-order valence-corrected chi connectivity index (χ0v) is 9.88. The molecule has 0 aliphatic rings. The van der Waals surface area contributed by atoms with Crippen LogP contribution in [-0.4, -0.2) is 12.3 Å². The van der Waals surface area contributed by atoms with Crippen LogP contribution in [0.2, 0.25) is 0 Å². The molecule has 17 heavy (non-hydrogen) atoms. The molecule has 0 saturated heterocycles. The highest BCUT2D eigenvalue weighted by molar-refractivity contribution is 5.81. The number of carbonyl (C=O) groups is 1. The third-order valence-corrected chi connectivity index (χ3v) is 2.82. The second-order valence-corrected chi connectivity index (χ2v) is 4.17. The summed E-state index contributed by atoms with van der Waals surface area (Å²) in [5.74, 6) is -1.05. The lowest BCUT2D eigenvalue weighted by atomic mass is 9.96. The minimum absolute atomic E-state index is 0.0694. The van der Waals surface area contributed by atoms with E-state index in [1.807, 2.05) is 6.92 Å². The van der Waals surface area contributed by atoms with E-state index in [-0.39, 0.29) is 23.7 Å². The van der Waals surface area contributed by atoms with Gasteiger partial charge in [-0.3, -0.25) is 4.79 Å². The Morgan fingerprint density at radius 3 is 2.71 bits per heavy atom. The van der Waals surface area contributed by atoms with E-state index in [2.05, 4.69) is 0 Å². The lowest BCUT2D eigenvalue weighted by molar-refractivity contribution is -0.119. The molecule has 0 saturated carbocycles. The number of halogens is 2. The van der Waals surface area contributed by atoms with Crippen LogP contribution in [0.1, 0.15) is 25.3 Å². The number of hydrogen-bond donors (Lipinski definition) is 1. The minimum Gasteiger partial charge on any atom is -0.330 e. The summed E-state index contributed by atoms with van der Waals surface area (Å²) in [5, 5.41) is 0. The molecule has 1 rings (SSSR count). The molecule has 0 aliphatic heterocycles. The SMILES string of the molecule is CCC(CN)CC(=O)Cc1cc(F)ccc1F. The van der Waals surface area contributed by atoms with Gasteiger partial charge in [0.15, 0.2) is 0 Å². The van der Waals surface area contributed by atoms with Crippen LogP contribution in [-0.2, 0) is 11.2 Å². The standard InChI is InChI=1S/C13H17F2NO/c1-2-9(8-16)5-12(17)7-10-6-11(14)3-4-13(10)15/h3-4,6,9H,2,5,7-8,16H2,1H3. The van der Waals surface area contributed by atoms with Gasteiger partial charge in [-0.15, -0.1) is 0 Å². The van der Waals surface area contributed by atoms with Crippen molar-refractivity contribution in [2.24, 2.45) is 11.7 Å². The molecule has 0 spiro atoms. The van der Waals surface area contributed by atoms with Crippen LogP contribution >= 0.6 is 0 Å². The summed E-state index contributed by atoms with van der Waals surface area (Å²) < 4.78 is 26.2. The molecule has 4 heteroatoms. The van der Waals surface area contributed by atoms with Gasteiger partial charge in [0.2, 0.25) is 0 Å². The predicted molar refractivity (Wildman–Crippen MR) is 62.5 cm³/mol. The first kappa shape index (κ1) is 13.8. The first-order chi connectivity index (χ1) is 8.06. The van der Waals surface area contributed by atoms with Gasteiger partial charge in [-0.25, -0.2) is 8.78 Å². The second-order valence-electron chi connectivity index (χ2n) is 4.17. The van der Waals surface area contributed by atoms with Gasteiger partial charge in [0, 0.05) is 12.8 Å². The van der Waals surface area contributed by atoms with Gasteiger partial charge in [-0.1, -0.05) is 13.3 Å². The fourth-order valence-electron chi connectivity index (χ4n) is 1.68. The Morgan fingerprint density at radius 2 is 2.12 bits per heavy atom. The summed E-state index contributed by atoms with van der Waals surface area (Å²) in [7, 11) is 0. The number of rotatable bonds is 6. The summed E-state index contributed by atoms with van der Waals surface area (Å²) in [6, 6.07) is 3.15. The molecule has 0 heterocycles. The zero-order chi connectivity index (χ0) is 12.8. The predicted octanol–water partition coefficient (Wildman–Crippen LogP) is 2.45. The third kappa shape index (κ3) is 4.23. The molecular weight excluding hydrogens is 224 g/mol. The van der Waals surface area contributed by atoms with Crippen molar-refractivity contribution in [1.82, 2.24) is 0 Å². The summed E-state index contributed by atoms with van der Waals surface area (Å²) in [6.07, 6.45) is 1.07. The van der Waals surface area contributed by atoms with Crippen LogP contribution in [0.15, 0.2) is 18.2 Å². The average Bonchev–Trinajstić information content (AvgIpc) is 2.31. The Labute approximate surface area is 99.8 Å². The Hall–Kier alpha value is -1.29. The smallest absolute Gasteiger partial charge is 0.137 e.